The van der Waals surface area contributed by atoms with E-state index in [9.17, 15) is 22.8 Å². The summed E-state index contributed by atoms with van der Waals surface area (Å²) in [5.74, 6) is -1.02. The van der Waals surface area contributed by atoms with Crippen molar-refractivity contribution in [2.75, 3.05) is 7.11 Å². The van der Waals surface area contributed by atoms with Crippen LogP contribution in [0.15, 0.2) is 53.6 Å². The van der Waals surface area contributed by atoms with Crippen LogP contribution >= 0.6 is 11.6 Å². The zero-order valence-corrected chi connectivity index (χ0v) is 21.7. The maximum atomic E-state index is 14.4. The van der Waals surface area contributed by atoms with Gasteiger partial charge in [-0.25, -0.2) is 27.5 Å². The summed E-state index contributed by atoms with van der Waals surface area (Å²) in [6, 6.07) is 8.82. The minimum absolute atomic E-state index is 0.0735. The van der Waals surface area contributed by atoms with Crippen molar-refractivity contribution in [1.29, 1.82) is 0 Å². The molecule has 1 saturated carbocycles. The Morgan fingerprint density at radius 1 is 1.18 bits per heavy atom. The molecule has 0 unspecified atom stereocenters. The molecule has 3 aromatic heterocycles. The Morgan fingerprint density at radius 2 is 1.95 bits per heavy atom. The number of hydrogen-bond donors (Lipinski definition) is 1. The number of benzene rings is 1. The number of ether oxygens (including phenoxy) is 1. The van der Waals surface area contributed by atoms with Crippen LogP contribution in [0.3, 0.4) is 0 Å². The van der Waals surface area contributed by atoms with Crippen LogP contribution in [0.2, 0.25) is 5.02 Å². The Kier molecular flexibility index (Phi) is 7.60. The Labute approximate surface area is 226 Å². The molecule has 0 aliphatic heterocycles. The van der Waals surface area contributed by atoms with Crippen molar-refractivity contribution in [2.24, 2.45) is 5.92 Å². The molecule has 0 radical (unpaired) electrons. The number of fused-ring (bicyclic) bond motifs is 1. The molecule has 1 amide bonds. The van der Waals surface area contributed by atoms with Crippen molar-refractivity contribution in [3.8, 4) is 11.4 Å². The lowest BCUT2D eigenvalue weighted by Crippen LogP contribution is -2.39. The van der Waals surface area contributed by atoms with Crippen molar-refractivity contribution in [2.45, 2.75) is 44.7 Å². The van der Waals surface area contributed by atoms with Gasteiger partial charge < -0.3 is 10.1 Å². The van der Waals surface area contributed by atoms with E-state index < -0.39 is 23.8 Å². The first-order valence-corrected chi connectivity index (χ1v) is 12.8. The van der Waals surface area contributed by atoms with Crippen LogP contribution in [-0.2, 0) is 6.54 Å². The first-order chi connectivity index (χ1) is 18.8. The number of carbonyl (C=O) groups is 1. The van der Waals surface area contributed by atoms with Crippen LogP contribution in [0.4, 0.5) is 13.2 Å². The fourth-order valence-corrected chi connectivity index (χ4v) is 5.26. The summed E-state index contributed by atoms with van der Waals surface area (Å²) in [5, 5.41) is 2.93. The van der Waals surface area contributed by atoms with Gasteiger partial charge in [-0.1, -0.05) is 11.6 Å². The Hall–Kier alpha value is -3.86. The number of nitrogens with one attached hydrogen (secondary N) is 1. The molecule has 4 aromatic rings. The average Bonchev–Trinajstić information content (AvgIpc) is 3.20. The summed E-state index contributed by atoms with van der Waals surface area (Å²) in [5.41, 5.74) is 0.204. The van der Waals surface area contributed by atoms with Gasteiger partial charge in [-0.15, -0.1) is 0 Å². The molecule has 0 atom stereocenters. The molecule has 1 N–H and O–H groups in total. The summed E-state index contributed by atoms with van der Waals surface area (Å²) in [6.07, 6.45) is 2.40. The summed E-state index contributed by atoms with van der Waals surface area (Å²) in [7, 11) is 1.37. The minimum atomic E-state index is -2.90. The van der Waals surface area contributed by atoms with Crippen LogP contribution in [0, 0.1) is 11.7 Å². The van der Waals surface area contributed by atoms with Gasteiger partial charge in [0.1, 0.15) is 5.69 Å². The maximum absolute atomic E-state index is 14.4. The van der Waals surface area contributed by atoms with E-state index >= 15 is 0 Å². The van der Waals surface area contributed by atoms with Crippen molar-refractivity contribution in [3.05, 3.63) is 81.4 Å². The van der Waals surface area contributed by atoms with Crippen molar-refractivity contribution in [3.63, 3.8) is 0 Å². The standard InChI is InChI=1S/C27H25ClF3N5O3/c1-39-22-9-8-18(12-20(22)29)36-25-21(3-2-10-32-25)35(27(36)38)14-15-4-6-17(7-5-15)34-26(37)19-11-16(28)13-33-23(19)24(30)31/h2-3,8-13,15,17,24H,4-7,14H2,1H3,(H,34,37). The number of aromatic nitrogens is 4. The van der Waals surface area contributed by atoms with Crippen LogP contribution in [0.1, 0.15) is 48.2 Å². The lowest BCUT2D eigenvalue weighted by molar-refractivity contribution is 0.0904. The number of imidazole rings is 1. The molecule has 204 valence electrons. The van der Waals surface area contributed by atoms with E-state index in [2.05, 4.69) is 15.3 Å². The van der Waals surface area contributed by atoms with E-state index in [1.165, 1.54) is 29.9 Å². The third-order valence-corrected chi connectivity index (χ3v) is 7.25. The third kappa shape index (κ3) is 5.36. The smallest absolute Gasteiger partial charge is 0.334 e. The third-order valence-electron chi connectivity index (χ3n) is 7.04. The van der Waals surface area contributed by atoms with Gasteiger partial charge >= 0.3 is 5.69 Å². The molecule has 0 saturated heterocycles. The van der Waals surface area contributed by atoms with Gasteiger partial charge in [-0.05, 0) is 61.9 Å². The predicted octanol–water partition coefficient (Wildman–Crippen LogP) is 5.31. The van der Waals surface area contributed by atoms with Gasteiger partial charge in [0.15, 0.2) is 17.2 Å². The predicted molar refractivity (Wildman–Crippen MR) is 139 cm³/mol. The quantitative estimate of drug-likeness (QED) is 0.331. The molecule has 12 heteroatoms. The molecule has 1 aliphatic carbocycles. The van der Waals surface area contributed by atoms with E-state index in [0.29, 0.717) is 49.1 Å². The largest absolute Gasteiger partial charge is 0.494 e. The molecule has 1 aliphatic rings. The maximum Gasteiger partial charge on any atom is 0.334 e. The second-order valence-corrected chi connectivity index (χ2v) is 9.91. The van der Waals surface area contributed by atoms with E-state index in [-0.39, 0.29) is 34.0 Å². The molecule has 3 heterocycles. The lowest BCUT2D eigenvalue weighted by atomic mass is 9.85. The number of alkyl halides is 2. The lowest BCUT2D eigenvalue weighted by Gasteiger charge is -2.29. The number of nitrogens with zero attached hydrogens (tertiary/aromatic N) is 4. The van der Waals surface area contributed by atoms with Crippen molar-refractivity contribution in [1.82, 2.24) is 24.4 Å². The van der Waals surface area contributed by atoms with Gasteiger partial charge in [0.2, 0.25) is 0 Å². The SMILES string of the molecule is COc1ccc(-n2c(=O)n(CC3CCC(NC(=O)c4cc(Cl)cnc4C(F)F)CC3)c3cccnc32)cc1F. The Balaban J connectivity index is 1.31. The first kappa shape index (κ1) is 26.7. The summed E-state index contributed by atoms with van der Waals surface area (Å²) in [4.78, 5) is 34.2. The van der Waals surface area contributed by atoms with E-state index in [1.54, 1.807) is 29.0 Å². The molecule has 39 heavy (non-hydrogen) atoms. The monoisotopic (exact) mass is 559 g/mol. The van der Waals surface area contributed by atoms with Crippen LogP contribution < -0.4 is 15.7 Å². The van der Waals surface area contributed by atoms with Crippen molar-refractivity contribution < 1.29 is 22.7 Å². The van der Waals surface area contributed by atoms with Crippen molar-refractivity contribution >= 4 is 28.7 Å². The second kappa shape index (κ2) is 11.1. The van der Waals surface area contributed by atoms with Crippen LogP contribution in [0.5, 0.6) is 5.75 Å². The Morgan fingerprint density at radius 3 is 2.64 bits per heavy atom. The van der Waals surface area contributed by atoms with Crippen LogP contribution in [0.25, 0.3) is 16.9 Å². The molecule has 8 nitrogen and oxygen atoms in total. The fraction of sp³-hybridized carbons (Fsp3) is 0.333. The second-order valence-electron chi connectivity index (χ2n) is 9.47. The molecule has 0 bridgehead atoms. The topological polar surface area (TPSA) is 91.0 Å². The highest BCUT2D eigenvalue weighted by molar-refractivity contribution is 6.30. The van der Waals surface area contributed by atoms with E-state index in [4.69, 9.17) is 16.3 Å². The number of carbonyl (C=O) groups excluding carboxylic acids is 1. The highest BCUT2D eigenvalue weighted by Crippen LogP contribution is 2.29. The fourth-order valence-electron chi connectivity index (χ4n) is 5.11. The Bertz CT molecular complexity index is 1580. The summed E-state index contributed by atoms with van der Waals surface area (Å²) >= 11 is 5.88. The van der Waals surface area contributed by atoms with Gasteiger partial charge in [-0.3, -0.25) is 14.3 Å². The van der Waals surface area contributed by atoms with Gasteiger partial charge in [-0.2, -0.15) is 0 Å². The molecule has 1 aromatic carbocycles. The highest BCUT2D eigenvalue weighted by atomic mass is 35.5. The van der Waals surface area contributed by atoms with Gasteiger partial charge in [0.05, 0.1) is 28.9 Å². The van der Waals surface area contributed by atoms with E-state index in [1.807, 2.05) is 0 Å². The zero-order chi connectivity index (χ0) is 27.7. The summed E-state index contributed by atoms with van der Waals surface area (Å²) < 4.78 is 49.1. The molecule has 0 spiro atoms. The highest BCUT2D eigenvalue weighted by Gasteiger charge is 2.27. The van der Waals surface area contributed by atoms with Gasteiger partial charge in [0.25, 0.3) is 12.3 Å². The number of amides is 1. The van der Waals surface area contributed by atoms with Crippen LogP contribution in [-0.4, -0.2) is 38.2 Å². The summed E-state index contributed by atoms with van der Waals surface area (Å²) in [6.45, 7) is 0.418. The minimum Gasteiger partial charge on any atom is -0.494 e. The van der Waals surface area contributed by atoms with E-state index in [0.717, 1.165) is 6.20 Å². The molecular formula is C27H25ClF3N5O3. The molecule has 1 fully saturated rings. The molecular weight excluding hydrogens is 535 g/mol. The average molecular weight is 560 g/mol. The number of halogens is 4. The number of rotatable bonds is 7. The number of hydrogen-bond acceptors (Lipinski definition) is 5. The normalized spacial score (nSPS) is 17.5. The molecule has 5 rings (SSSR count). The zero-order valence-electron chi connectivity index (χ0n) is 20.9. The van der Waals surface area contributed by atoms with Gasteiger partial charge in [0, 0.05) is 31.0 Å². The first-order valence-electron chi connectivity index (χ1n) is 12.4. The number of pyridine rings is 2. The number of methoxy groups -OCH3 is 1.